The van der Waals surface area contributed by atoms with Crippen LogP contribution in [0.5, 0.6) is 5.75 Å². The summed E-state index contributed by atoms with van der Waals surface area (Å²) < 4.78 is 6.93. The molecule has 0 saturated carbocycles. The molecule has 0 amide bonds. The molecule has 106 valence electrons. The van der Waals surface area contributed by atoms with Crippen LogP contribution in [-0.4, -0.2) is 27.3 Å². The van der Waals surface area contributed by atoms with Crippen molar-refractivity contribution < 1.29 is 4.74 Å². The largest absolute Gasteiger partial charge is 0.497 e. The van der Waals surface area contributed by atoms with Crippen molar-refractivity contribution in [2.45, 2.75) is 6.92 Å². The Bertz CT molecular complexity index is 764. The van der Waals surface area contributed by atoms with Gasteiger partial charge in [-0.15, -0.1) is 5.10 Å². The lowest BCUT2D eigenvalue weighted by Crippen LogP contribution is -2.02. The Morgan fingerprint density at radius 3 is 2.52 bits per heavy atom. The van der Waals surface area contributed by atoms with Crippen molar-refractivity contribution in [3.8, 4) is 22.8 Å². The summed E-state index contributed by atoms with van der Waals surface area (Å²) >= 11 is 0. The minimum atomic E-state index is 0.670. The van der Waals surface area contributed by atoms with Gasteiger partial charge in [0, 0.05) is 11.3 Å². The van der Waals surface area contributed by atoms with Crippen LogP contribution in [-0.2, 0) is 0 Å². The second kappa shape index (κ2) is 5.24. The lowest BCUT2D eigenvalue weighted by molar-refractivity contribution is 0.414. The van der Waals surface area contributed by atoms with E-state index in [1.54, 1.807) is 11.8 Å². The Morgan fingerprint density at radius 1 is 1.10 bits per heavy atom. The highest BCUT2D eigenvalue weighted by Crippen LogP contribution is 2.24. The number of hydrogen-bond acceptors (Lipinski definition) is 5. The molecule has 1 aromatic heterocycles. The molecule has 0 atom stereocenters. The number of aromatic nitrogens is 4. The van der Waals surface area contributed by atoms with Gasteiger partial charge in [0.25, 0.3) is 0 Å². The number of rotatable bonds is 3. The molecule has 0 fully saturated rings. The predicted octanol–water partition coefficient (Wildman–Crippen LogP) is 2.23. The summed E-state index contributed by atoms with van der Waals surface area (Å²) in [6, 6.07) is 13.2. The van der Waals surface area contributed by atoms with Gasteiger partial charge in [0.2, 0.25) is 0 Å². The highest BCUT2D eigenvalue weighted by atomic mass is 16.5. The fourth-order valence-electron chi connectivity index (χ4n) is 2.15. The second-order valence-corrected chi connectivity index (χ2v) is 4.69. The molecule has 0 radical (unpaired) electrons. The molecule has 6 heteroatoms. The summed E-state index contributed by atoms with van der Waals surface area (Å²) in [5.74, 6) is 1.47. The van der Waals surface area contributed by atoms with Gasteiger partial charge in [-0.3, -0.25) is 0 Å². The van der Waals surface area contributed by atoms with Crippen LogP contribution >= 0.6 is 0 Å². The Balaban J connectivity index is 2.09. The van der Waals surface area contributed by atoms with Crippen molar-refractivity contribution in [3.63, 3.8) is 0 Å². The van der Waals surface area contributed by atoms with Crippen molar-refractivity contribution in [1.82, 2.24) is 20.2 Å². The first-order valence-corrected chi connectivity index (χ1v) is 6.48. The average Bonchev–Trinajstić information content (AvgIpc) is 2.97. The fraction of sp³-hybridized carbons (Fsp3) is 0.133. The van der Waals surface area contributed by atoms with Gasteiger partial charge in [-0.05, 0) is 65.4 Å². The van der Waals surface area contributed by atoms with E-state index < -0.39 is 0 Å². The smallest absolute Gasteiger partial charge is 0.187 e. The first kappa shape index (κ1) is 13.1. The summed E-state index contributed by atoms with van der Waals surface area (Å²) in [4.78, 5) is 0. The maximum absolute atomic E-state index is 5.71. The molecule has 6 nitrogen and oxygen atoms in total. The highest BCUT2D eigenvalue weighted by molar-refractivity contribution is 5.61. The summed E-state index contributed by atoms with van der Waals surface area (Å²) in [6.45, 7) is 1.99. The lowest BCUT2D eigenvalue weighted by atomic mass is 10.1. The third-order valence-electron chi connectivity index (χ3n) is 3.27. The zero-order valence-electron chi connectivity index (χ0n) is 11.8. The predicted molar refractivity (Wildman–Crippen MR) is 80.3 cm³/mol. The zero-order valence-corrected chi connectivity index (χ0v) is 11.8. The van der Waals surface area contributed by atoms with E-state index in [4.69, 9.17) is 10.5 Å². The third kappa shape index (κ3) is 2.43. The van der Waals surface area contributed by atoms with E-state index in [0.717, 1.165) is 22.6 Å². The van der Waals surface area contributed by atoms with E-state index in [-0.39, 0.29) is 0 Å². The monoisotopic (exact) mass is 281 g/mol. The number of nitrogens with zero attached hydrogens (tertiary/aromatic N) is 4. The summed E-state index contributed by atoms with van der Waals surface area (Å²) in [5, 5.41) is 12.0. The van der Waals surface area contributed by atoms with Crippen LogP contribution in [0.4, 0.5) is 5.69 Å². The molecule has 0 unspecified atom stereocenters. The normalized spacial score (nSPS) is 10.6. The molecule has 3 aromatic rings. The summed E-state index contributed by atoms with van der Waals surface area (Å²) in [7, 11) is 1.64. The summed E-state index contributed by atoms with van der Waals surface area (Å²) in [5.41, 5.74) is 9.26. The van der Waals surface area contributed by atoms with Gasteiger partial charge in [-0.1, -0.05) is 0 Å². The van der Waals surface area contributed by atoms with E-state index >= 15 is 0 Å². The quantitative estimate of drug-likeness (QED) is 0.745. The van der Waals surface area contributed by atoms with Gasteiger partial charge in [0.1, 0.15) is 5.75 Å². The van der Waals surface area contributed by atoms with Gasteiger partial charge in [0.15, 0.2) is 5.82 Å². The number of ether oxygens (including phenoxy) is 1. The molecule has 2 N–H and O–H groups in total. The minimum Gasteiger partial charge on any atom is -0.497 e. The van der Waals surface area contributed by atoms with Crippen molar-refractivity contribution in [1.29, 1.82) is 0 Å². The molecule has 0 bridgehead atoms. The first-order valence-electron chi connectivity index (χ1n) is 6.48. The van der Waals surface area contributed by atoms with E-state index in [0.29, 0.717) is 11.5 Å². The number of anilines is 1. The molecule has 3 rings (SSSR count). The van der Waals surface area contributed by atoms with E-state index in [1.807, 2.05) is 49.4 Å². The Kier molecular flexibility index (Phi) is 3.27. The molecule has 0 aliphatic rings. The molecule has 1 heterocycles. The van der Waals surface area contributed by atoms with Crippen molar-refractivity contribution >= 4 is 5.69 Å². The standard InChI is InChI=1S/C15H15N5O/c1-10-9-13(21-2)7-8-14(10)20-15(17-18-19-20)11-3-5-12(16)6-4-11/h3-9H,16H2,1-2H3. The van der Waals surface area contributed by atoms with Crippen molar-refractivity contribution in [2.24, 2.45) is 0 Å². The average molecular weight is 281 g/mol. The fourth-order valence-corrected chi connectivity index (χ4v) is 2.15. The number of methoxy groups -OCH3 is 1. The van der Waals surface area contributed by atoms with E-state index in [1.165, 1.54) is 0 Å². The molecule has 0 aliphatic carbocycles. The Labute approximate surface area is 122 Å². The molecule has 0 spiro atoms. The molecule has 21 heavy (non-hydrogen) atoms. The number of nitrogens with two attached hydrogens (primary N) is 1. The van der Waals surface area contributed by atoms with E-state index in [9.17, 15) is 0 Å². The van der Waals surface area contributed by atoms with Gasteiger partial charge < -0.3 is 10.5 Å². The van der Waals surface area contributed by atoms with Gasteiger partial charge in [0.05, 0.1) is 12.8 Å². The third-order valence-corrected chi connectivity index (χ3v) is 3.27. The minimum absolute atomic E-state index is 0.670. The number of tetrazole rings is 1. The van der Waals surface area contributed by atoms with Gasteiger partial charge >= 0.3 is 0 Å². The first-order chi connectivity index (χ1) is 10.2. The number of hydrogen-bond donors (Lipinski definition) is 1. The molecular formula is C15H15N5O. The number of benzene rings is 2. The highest BCUT2D eigenvalue weighted by Gasteiger charge is 2.12. The maximum Gasteiger partial charge on any atom is 0.187 e. The van der Waals surface area contributed by atoms with E-state index in [2.05, 4.69) is 15.5 Å². The van der Waals surface area contributed by atoms with Crippen LogP contribution in [0, 0.1) is 6.92 Å². The topological polar surface area (TPSA) is 78.8 Å². The second-order valence-electron chi connectivity index (χ2n) is 4.69. The summed E-state index contributed by atoms with van der Waals surface area (Å²) in [6.07, 6.45) is 0. The van der Waals surface area contributed by atoms with Crippen LogP contribution in [0.1, 0.15) is 5.56 Å². The zero-order chi connectivity index (χ0) is 14.8. The lowest BCUT2D eigenvalue weighted by Gasteiger charge is -2.09. The van der Waals surface area contributed by atoms with Crippen LogP contribution in [0.15, 0.2) is 42.5 Å². The van der Waals surface area contributed by atoms with Crippen molar-refractivity contribution in [2.75, 3.05) is 12.8 Å². The van der Waals surface area contributed by atoms with Gasteiger partial charge in [-0.2, -0.15) is 4.68 Å². The van der Waals surface area contributed by atoms with Gasteiger partial charge in [-0.25, -0.2) is 0 Å². The van der Waals surface area contributed by atoms with Crippen molar-refractivity contribution in [3.05, 3.63) is 48.0 Å². The Morgan fingerprint density at radius 2 is 1.86 bits per heavy atom. The van der Waals surface area contributed by atoms with Crippen LogP contribution < -0.4 is 10.5 Å². The number of nitrogen functional groups attached to an aromatic ring is 1. The van der Waals surface area contributed by atoms with Crippen LogP contribution in [0.25, 0.3) is 17.1 Å². The number of aryl methyl sites for hydroxylation is 1. The SMILES string of the molecule is COc1ccc(-n2nnnc2-c2ccc(N)cc2)c(C)c1. The molecule has 2 aromatic carbocycles. The Hall–Kier alpha value is -2.89. The molecule has 0 saturated heterocycles. The van der Waals surface area contributed by atoms with Crippen LogP contribution in [0.3, 0.4) is 0 Å². The molecular weight excluding hydrogens is 266 g/mol. The maximum atomic E-state index is 5.71. The van der Waals surface area contributed by atoms with Crippen LogP contribution in [0.2, 0.25) is 0 Å². The molecule has 0 aliphatic heterocycles.